The van der Waals surface area contributed by atoms with Crippen LogP contribution >= 0.6 is 11.6 Å². The summed E-state index contributed by atoms with van der Waals surface area (Å²) in [6.07, 6.45) is 0.527. The molecule has 1 aliphatic heterocycles. The molecule has 4 heteroatoms. The average Bonchev–Trinajstić information content (AvgIpc) is 2.35. The third-order valence-electron chi connectivity index (χ3n) is 3.52. The molecule has 2 atom stereocenters. The highest BCUT2D eigenvalue weighted by molar-refractivity contribution is 6.31. The van der Waals surface area contributed by atoms with Crippen molar-refractivity contribution in [1.29, 1.82) is 0 Å². The Balaban J connectivity index is 2.08. The van der Waals surface area contributed by atoms with Crippen LogP contribution in [0, 0.1) is 0 Å². The Labute approximate surface area is 127 Å². The van der Waals surface area contributed by atoms with E-state index >= 15 is 0 Å². The molecule has 1 N–H and O–H groups in total. The summed E-state index contributed by atoms with van der Waals surface area (Å²) < 4.78 is 5.77. The molecular weight excluding hydrogens is 272 g/mol. The van der Waals surface area contributed by atoms with Gasteiger partial charge in [0.2, 0.25) is 0 Å². The largest absolute Gasteiger partial charge is 0.372 e. The van der Waals surface area contributed by atoms with E-state index in [0.29, 0.717) is 6.04 Å². The first-order valence-electron chi connectivity index (χ1n) is 7.38. The predicted molar refractivity (Wildman–Crippen MR) is 85.6 cm³/mol. The molecule has 1 aromatic carbocycles. The Bertz CT molecular complexity index is 440. The van der Waals surface area contributed by atoms with Crippen LogP contribution < -0.4 is 10.2 Å². The summed E-state index contributed by atoms with van der Waals surface area (Å²) in [5, 5.41) is 4.23. The van der Waals surface area contributed by atoms with Gasteiger partial charge in [-0.25, -0.2) is 0 Å². The zero-order valence-corrected chi connectivity index (χ0v) is 13.6. The van der Waals surface area contributed by atoms with Crippen LogP contribution in [0.15, 0.2) is 18.2 Å². The highest BCUT2D eigenvalue weighted by Gasteiger charge is 2.22. The van der Waals surface area contributed by atoms with Crippen molar-refractivity contribution in [3.63, 3.8) is 0 Å². The maximum atomic E-state index is 6.41. The maximum Gasteiger partial charge on any atom is 0.0726 e. The summed E-state index contributed by atoms with van der Waals surface area (Å²) in [7, 11) is 0. The normalized spacial score (nSPS) is 23.4. The number of rotatable bonds is 4. The fraction of sp³-hybridized carbons (Fsp3) is 0.625. The van der Waals surface area contributed by atoms with Crippen LogP contribution in [-0.2, 0) is 11.3 Å². The van der Waals surface area contributed by atoms with Crippen molar-refractivity contribution in [2.45, 2.75) is 52.5 Å². The van der Waals surface area contributed by atoms with Gasteiger partial charge in [-0.2, -0.15) is 0 Å². The number of benzene rings is 1. The molecule has 0 aliphatic carbocycles. The van der Waals surface area contributed by atoms with Gasteiger partial charge < -0.3 is 15.0 Å². The van der Waals surface area contributed by atoms with Crippen molar-refractivity contribution in [3.05, 3.63) is 28.8 Å². The number of anilines is 1. The Morgan fingerprint density at radius 1 is 1.30 bits per heavy atom. The minimum absolute atomic E-state index is 0.264. The smallest absolute Gasteiger partial charge is 0.0726 e. The maximum absolute atomic E-state index is 6.41. The lowest BCUT2D eigenvalue weighted by atomic mass is 10.1. The van der Waals surface area contributed by atoms with E-state index in [1.165, 1.54) is 5.69 Å². The van der Waals surface area contributed by atoms with E-state index in [1.807, 2.05) is 0 Å². The zero-order chi connectivity index (χ0) is 14.7. The third kappa shape index (κ3) is 4.11. The van der Waals surface area contributed by atoms with Gasteiger partial charge in [0.25, 0.3) is 0 Å². The molecule has 3 nitrogen and oxygen atoms in total. The number of ether oxygens (including phenoxy) is 1. The van der Waals surface area contributed by atoms with Crippen molar-refractivity contribution in [1.82, 2.24) is 5.32 Å². The van der Waals surface area contributed by atoms with Gasteiger partial charge in [0.15, 0.2) is 0 Å². The number of hydrogen-bond acceptors (Lipinski definition) is 3. The number of halogens is 1. The topological polar surface area (TPSA) is 24.5 Å². The van der Waals surface area contributed by atoms with Crippen molar-refractivity contribution < 1.29 is 4.74 Å². The second-order valence-corrected chi connectivity index (χ2v) is 6.38. The second-order valence-electron chi connectivity index (χ2n) is 5.97. The van der Waals surface area contributed by atoms with Crippen molar-refractivity contribution in [2.24, 2.45) is 0 Å². The highest BCUT2D eigenvalue weighted by Crippen LogP contribution is 2.26. The van der Waals surface area contributed by atoms with Gasteiger partial charge in [-0.05, 0) is 31.5 Å². The number of morpholine rings is 1. The molecule has 20 heavy (non-hydrogen) atoms. The summed E-state index contributed by atoms with van der Waals surface area (Å²) in [4.78, 5) is 2.35. The molecule has 1 aliphatic rings. The minimum Gasteiger partial charge on any atom is -0.372 e. The minimum atomic E-state index is 0.264. The van der Waals surface area contributed by atoms with Crippen LogP contribution in [0.3, 0.4) is 0 Å². The van der Waals surface area contributed by atoms with E-state index in [-0.39, 0.29) is 12.2 Å². The van der Waals surface area contributed by atoms with Gasteiger partial charge in [0, 0.05) is 36.4 Å². The van der Waals surface area contributed by atoms with E-state index in [9.17, 15) is 0 Å². The van der Waals surface area contributed by atoms with E-state index in [2.05, 4.69) is 56.1 Å². The molecule has 2 rings (SSSR count). The first-order valence-corrected chi connectivity index (χ1v) is 7.75. The molecule has 1 aromatic rings. The average molecular weight is 297 g/mol. The van der Waals surface area contributed by atoms with Crippen LogP contribution in [0.2, 0.25) is 5.02 Å². The first kappa shape index (κ1) is 15.6. The number of nitrogens with zero attached hydrogens (tertiary/aromatic N) is 1. The van der Waals surface area contributed by atoms with Crippen LogP contribution in [0.5, 0.6) is 0 Å². The number of nitrogens with one attached hydrogen (secondary N) is 1. The molecule has 0 saturated carbocycles. The SMILES string of the molecule is CC(C)NCc1ccc(N2CC(C)OC(C)C2)cc1Cl. The standard InChI is InChI=1S/C16H25ClN2O/c1-11(2)18-8-14-5-6-15(7-16(14)17)19-9-12(3)20-13(4)10-19/h5-7,11-13,18H,8-10H2,1-4H3. The molecular formula is C16H25ClN2O. The lowest BCUT2D eigenvalue weighted by Crippen LogP contribution is -2.45. The second kappa shape index (κ2) is 6.79. The van der Waals surface area contributed by atoms with E-state index in [4.69, 9.17) is 16.3 Å². The van der Waals surface area contributed by atoms with Crippen LogP contribution in [0.1, 0.15) is 33.3 Å². The molecule has 1 heterocycles. The van der Waals surface area contributed by atoms with Gasteiger partial charge in [-0.15, -0.1) is 0 Å². The van der Waals surface area contributed by atoms with Crippen LogP contribution in [0.4, 0.5) is 5.69 Å². The van der Waals surface area contributed by atoms with E-state index in [1.54, 1.807) is 0 Å². The zero-order valence-electron chi connectivity index (χ0n) is 12.8. The fourth-order valence-corrected chi connectivity index (χ4v) is 2.82. The van der Waals surface area contributed by atoms with Crippen LogP contribution in [-0.4, -0.2) is 31.3 Å². The fourth-order valence-electron chi connectivity index (χ4n) is 2.58. The summed E-state index contributed by atoms with van der Waals surface area (Å²) in [5.41, 5.74) is 2.34. The Kier molecular flexibility index (Phi) is 5.30. The van der Waals surface area contributed by atoms with Gasteiger partial charge >= 0.3 is 0 Å². The molecule has 0 aromatic heterocycles. The molecule has 0 spiro atoms. The quantitative estimate of drug-likeness (QED) is 0.921. The van der Waals surface area contributed by atoms with Crippen molar-refractivity contribution in [3.8, 4) is 0 Å². The predicted octanol–water partition coefficient (Wildman–Crippen LogP) is 3.45. The number of hydrogen-bond donors (Lipinski definition) is 1. The van der Waals surface area contributed by atoms with Gasteiger partial charge in [0.1, 0.15) is 0 Å². The van der Waals surface area contributed by atoms with Crippen molar-refractivity contribution in [2.75, 3.05) is 18.0 Å². The Hall–Kier alpha value is -0.770. The molecule has 1 saturated heterocycles. The van der Waals surface area contributed by atoms with E-state index in [0.717, 1.165) is 30.2 Å². The van der Waals surface area contributed by atoms with E-state index < -0.39 is 0 Å². The monoisotopic (exact) mass is 296 g/mol. The lowest BCUT2D eigenvalue weighted by Gasteiger charge is -2.37. The van der Waals surface area contributed by atoms with Gasteiger partial charge in [-0.3, -0.25) is 0 Å². The molecule has 1 fully saturated rings. The lowest BCUT2D eigenvalue weighted by molar-refractivity contribution is -0.00521. The Morgan fingerprint density at radius 3 is 2.50 bits per heavy atom. The molecule has 0 bridgehead atoms. The van der Waals surface area contributed by atoms with Crippen molar-refractivity contribution >= 4 is 17.3 Å². The molecule has 0 radical (unpaired) electrons. The molecule has 2 unspecified atom stereocenters. The summed E-state index contributed by atoms with van der Waals surface area (Å²) in [6.45, 7) is 11.2. The van der Waals surface area contributed by atoms with Gasteiger partial charge in [0.05, 0.1) is 12.2 Å². The Morgan fingerprint density at radius 2 is 1.95 bits per heavy atom. The van der Waals surface area contributed by atoms with Gasteiger partial charge in [-0.1, -0.05) is 31.5 Å². The summed E-state index contributed by atoms with van der Waals surface area (Å²) in [5.74, 6) is 0. The summed E-state index contributed by atoms with van der Waals surface area (Å²) in [6, 6.07) is 6.82. The molecule has 112 valence electrons. The van der Waals surface area contributed by atoms with Crippen LogP contribution in [0.25, 0.3) is 0 Å². The summed E-state index contributed by atoms with van der Waals surface area (Å²) >= 11 is 6.41. The molecule has 0 amide bonds. The highest BCUT2D eigenvalue weighted by atomic mass is 35.5. The first-order chi connectivity index (χ1) is 9.45. The third-order valence-corrected chi connectivity index (χ3v) is 3.87.